The summed E-state index contributed by atoms with van der Waals surface area (Å²) in [5, 5.41) is 13.8. The van der Waals surface area contributed by atoms with Gasteiger partial charge < -0.3 is 14.7 Å². The number of rotatable bonds is 1. The molecule has 4 heterocycles. The van der Waals surface area contributed by atoms with Gasteiger partial charge in [-0.25, -0.2) is 17.6 Å². The molecule has 2 aromatic heterocycles. The number of carbonyl (C=O) groups is 1. The van der Waals surface area contributed by atoms with E-state index in [0.29, 0.717) is 16.7 Å². The Morgan fingerprint density at radius 3 is 2.66 bits per heavy atom. The van der Waals surface area contributed by atoms with Gasteiger partial charge in [0.15, 0.2) is 23.1 Å². The zero-order valence-corrected chi connectivity index (χ0v) is 21.9. The first-order valence-electron chi connectivity index (χ1n) is 12.9. The van der Waals surface area contributed by atoms with Gasteiger partial charge in [0.05, 0.1) is 19.3 Å². The van der Waals surface area contributed by atoms with Gasteiger partial charge in [0.25, 0.3) is 11.8 Å². The average molecular weight is 582 g/mol. The SMILES string of the molecule is O=C1c2c(O)c(=O)ccn2N([C@@H]2c3cccc4c3-c3c(csc3-c3c2ccc(F)c3F)C(F)(F)C4)[C@@H]2COCCN12. The molecule has 2 aliphatic heterocycles. The second-order valence-electron chi connectivity index (χ2n) is 10.5. The molecule has 41 heavy (non-hydrogen) atoms. The first kappa shape index (κ1) is 24.6. The molecule has 1 amide bonds. The van der Waals surface area contributed by atoms with Crippen LogP contribution in [0.5, 0.6) is 5.75 Å². The van der Waals surface area contributed by atoms with Crippen molar-refractivity contribution in [3.8, 4) is 27.3 Å². The minimum absolute atomic E-state index is 0.0354. The lowest BCUT2D eigenvalue weighted by molar-refractivity contribution is -0.0197. The number of fused-ring (bicyclic) bond motifs is 4. The predicted octanol–water partition coefficient (Wildman–Crippen LogP) is 4.73. The Hall–Kier alpha value is -4.16. The van der Waals surface area contributed by atoms with Gasteiger partial charge in [0, 0.05) is 52.2 Å². The topological polar surface area (TPSA) is 75.0 Å². The number of aromatic hydroxyl groups is 1. The summed E-state index contributed by atoms with van der Waals surface area (Å²) in [7, 11) is 0. The fourth-order valence-electron chi connectivity index (χ4n) is 6.70. The van der Waals surface area contributed by atoms with Gasteiger partial charge in [0.1, 0.15) is 6.17 Å². The molecule has 0 radical (unpaired) electrons. The van der Waals surface area contributed by atoms with E-state index in [2.05, 4.69) is 0 Å². The molecule has 2 aromatic carbocycles. The lowest BCUT2D eigenvalue weighted by Gasteiger charge is -2.51. The summed E-state index contributed by atoms with van der Waals surface area (Å²) in [5.41, 5.74) is 0.407. The van der Waals surface area contributed by atoms with Crippen LogP contribution in [0.1, 0.15) is 38.8 Å². The lowest BCUT2D eigenvalue weighted by atomic mass is 9.81. The molecule has 4 aromatic rings. The van der Waals surface area contributed by atoms with E-state index in [4.69, 9.17) is 4.74 Å². The maximum atomic E-state index is 15.9. The maximum absolute atomic E-state index is 15.9. The third-order valence-electron chi connectivity index (χ3n) is 8.41. The number of halogens is 4. The van der Waals surface area contributed by atoms with Crippen LogP contribution >= 0.6 is 11.3 Å². The number of alkyl halides is 2. The summed E-state index contributed by atoms with van der Waals surface area (Å²) in [6.45, 7) is 0.398. The molecule has 8 rings (SSSR count). The van der Waals surface area contributed by atoms with Gasteiger partial charge in [-0.05, 0) is 28.3 Å². The van der Waals surface area contributed by atoms with Gasteiger partial charge in [-0.1, -0.05) is 24.3 Å². The van der Waals surface area contributed by atoms with Crippen LogP contribution in [0.3, 0.4) is 0 Å². The van der Waals surface area contributed by atoms with Crippen LogP contribution < -0.4 is 10.4 Å². The first-order valence-corrected chi connectivity index (χ1v) is 13.8. The van der Waals surface area contributed by atoms with E-state index in [1.807, 2.05) is 0 Å². The van der Waals surface area contributed by atoms with Crippen molar-refractivity contribution in [2.75, 3.05) is 24.8 Å². The Bertz CT molecular complexity index is 1890. The number of aromatic nitrogens is 1. The molecule has 0 bridgehead atoms. The van der Waals surface area contributed by atoms with Gasteiger partial charge in [0.2, 0.25) is 5.43 Å². The maximum Gasteiger partial charge on any atom is 0.278 e. The zero-order chi connectivity index (χ0) is 28.4. The number of thiophene rings is 1. The number of hydrogen-bond acceptors (Lipinski definition) is 6. The van der Waals surface area contributed by atoms with Crippen molar-refractivity contribution in [1.29, 1.82) is 0 Å². The van der Waals surface area contributed by atoms with E-state index in [1.165, 1.54) is 27.2 Å². The van der Waals surface area contributed by atoms with Crippen molar-refractivity contribution >= 4 is 17.2 Å². The summed E-state index contributed by atoms with van der Waals surface area (Å²) < 4.78 is 68.7. The van der Waals surface area contributed by atoms with E-state index in [0.717, 1.165) is 23.5 Å². The molecule has 2 aliphatic carbocycles. The fourth-order valence-corrected chi connectivity index (χ4v) is 7.88. The Kier molecular flexibility index (Phi) is 4.92. The largest absolute Gasteiger partial charge is 0.502 e. The van der Waals surface area contributed by atoms with E-state index in [-0.39, 0.29) is 52.6 Å². The van der Waals surface area contributed by atoms with Crippen LogP contribution in [-0.2, 0) is 17.1 Å². The van der Waals surface area contributed by atoms with Gasteiger partial charge in [-0.15, -0.1) is 11.3 Å². The fraction of sp³-hybridized carbons (Fsp3) is 0.241. The van der Waals surface area contributed by atoms with Crippen molar-refractivity contribution in [2.45, 2.75) is 24.6 Å². The van der Waals surface area contributed by atoms with Gasteiger partial charge in [-0.3, -0.25) is 19.3 Å². The van der Waals surface area contributed by atoms with E-state index in [1.54, 1.807) is 23.2 Å². The van der Waals surface area contributed by atoms with E-state index in [9.17, 15) is 19.1 Å². The summed E-state index contributed by atoms with van der Waals surface area (Å²) in [5.74, 6) is -6.85. The number of morpholine rings is 1. The highest BCUT2D eigenvalue weighted by atomic mass is 32.1. The Morgan fingerprint density at radius 1 is 1.02 bits per heavy atom. The third kappa shape index (κ3) is 3.11. The molecule has 1 saturated heterocycles. The molecule has 2 atom stereocenters. The smallest absolute Gasteiger partial charge is 0.278 e. The van der Waals surface area contributed by atoms with Crippen LogP contribution in [0.15, 0.2) is 52.8 Å². The molecule has 0 unspecified atom stereocenters. The Morgan fingerprint density at radius 2 is 1.83 bits per heavy atom. The molecule has 208 valence electrons. The van der Waals surface area contributed by atoms with Crippen LogP contribution in [-0.4, -0.2) is 46.5 Å². The minimum atomic E-state index is -3.22. The Balaban J connectivity index is 1.51. The second kappa shape index (κ2) is 8.20. The molecule has 7 nitrogen and oxygen atoms in total. The highest BCUT2D eigenvalue weighted by Gasteiger charge is 2.50. The highest BCUT2D eigenvalue weighted by molar-refractivity contribution is 7.14. The molecule has 1 fully saturated rings. The number of benzene rings is 2. The standard InChI is InChI=1S/C29H19F4N3O4S/c30-17-5-4-15-21(23(17)31)27-22-16(12-41-27)29(32,33)10-13-2-1-3-14(20(13)22)24(15)36-19-11-40-9-8-34(19)28(39)25-26(38)18(37)6-7-35(25)36/h1-7,12,19,24,38H,8-11H2/t19-,24-/m1/s1. The molecule has 4 aliphatic rings. The van der Waals surface area contributed by atoms with Gasteiger partial charge >= 0.3 is 0 Å². The van der Waals surface area contributed by atoms with E-state index >= 15 is 13.2 Å². The molecular weight excluding hydrogens is 562 g/mol. The number of pyridine rings is 1. The van der Waals surface area contributed by atoms with Crippen LogP contribution in [0.25, 0.3) is 21.6 Å². The molecule has 0 spiro atoms. The number of hydrogen-bond donors (Lipinski definition) is 1. The summed E-state index contributed by atoms with van der Waals surface area (Å²) >= 11 is 0.934. The number of carbonyl (C=O) groups excluding carboxylic acids is 1. The van der Waals surface area contributed by atoms with Gasteiger partial charge in [-0.2, -0.15) is 0 Å². The monoisotopic (exact) mass is 581 g/mol. The summed E-state index contributed by atoms with van der Waals surface area (Å²) in [6.07, 6.45) is -0.00947. The number of ether oxygens (including phenoxy) is 1. The van der Waals surface area contributed by atoms with Crippen molar-refractivity contribution in [2.24, 2.45) is 0 Å². The normalized spacial score (nSPS) is 21.5. The molecule has 12 heteroatoms. The highest BCUT2D eigenvalue weighted by Crippen LogP contribution is 2.58. The quantitative estimate of drug-likeness (QED) is 0.329. The second-order valence-corrected chi connectivity index (χ2v) is 11.4. The van der Waals surface area contributed by atoms with Crippen molar-refractivity contribution in [3.05, 3.63) is 97.8 Å². The Labute approximate surface area is 233 Å². The van der Waals surface area contributed by atoms with Crippen molar-refractivity contribution < 1.29 is 32.2 Å². The minimum Gasteiger partial charge on any atom is -0.502 e. The molecular formula is C29H19F4N3O4S. The van der Waals surface area contributed by atoms with Crippen LogP contribution in [0.4, 0.5) is 17.6 Å². The van der Waals surface area contributed by atoms with Crippen molar-refractivity contribution in [1.82, 2.24) is 9.58 Å². The first-order chi connectivity index (χ1) is 19.7. The number of amides is 1. The summed E-state index contributed by atoms with van der Waals surface area (Å²) in [4.78, 5) is 27.7. The average Bonchev–Trinajstić information content (AvgIpc) is 3.35. The third-order valence-corrected chi connectivity index (χ3v) is 9.41. The summed E-state index contributed by atoms with van der Waals surface area (Å²) in [6, 6.07) is 7.56. The number of nitrogens with zero attached hydrogens (tertiary/aromatic N) is 3. The van der Waals surface area contributed by atoms with Crippen LogP contribution in [0.2, 0.25) is 0 Å². The lowest BCUT2D eigenvalue weighted by Crippen LogP contribution is -2.66. The molecule has 1 N–H and O–H groups in total. The molecule has 0 saturated carbocycles. The van der Waals surface area contributed by atoms with Crippen molar-refractivity contribution in [3.63, 3.8) is 0 Å². The predicted molar refractivity (Wildman–Crippen MR) is 141 cm³/mol. The van der Waals surface area contributed by atoms with Crippen LogP contribution in [0, 0.1) is 11.6 Å². The van der Waals surface area contributed by atoms with E-state index < -0.39 is 53.3 Å². The zero-order valence-electron chi connectivity index (χ0n) is 21.0.